The Morgan fingerprint density at radius 1 is 1.22 bits per heavy atom. The van der Waals surface area contributed by atoms with E-state index in [-0.39, 0.29) is 0 Å². The van der Waals surface area contributed by atoms with Gasteiger partial charge in [0.2, 0.25) is 0 Å². The van der Waals surface area contributed by atoms with Gasteiger partial charge in [0.05, 0.1) is 6.61 Å². The van der Waals surface area contributed by atoms with Gasteiger partial charge in [0, 0.05) is 28.9 Å². The minimum atomic E-state index is 0.420. The molecule has 3 heteroatoms. The number of hydrogen-bond acceptors (Lipinski definition) is 3. The van der Waals surface area contributed by atoms with Gasteiger partial charge >= 0.3 is 0 Å². The Balaban J connectivity index is 2.17. The Kier molecular flexibility index (Phi) is 6.90. The molecule has 1 aromatic heterocycles. The van der Waals surface area contributed by atoms with E-state index in [2.05, 4.69) is 46.0 Å². The third-order valence-electron chi connectivity index (χ3n) is 3.08. The monoisotopic (exact) mass is 269 g/mol. The fraction of sp³-hybridized carbons (Fsp3) is 0.733. The zero-order valence-electron chi connectivity index (χ0n) is 12.4. The molecular weight excluding hydrogens is 242 g/mol. The zero-order valence-corrected chi connectivity index (χ0v) is 13.2. The molecule has 1 atom stereocenters. The van der Waals surface area contributed by atoms with Crippen molar-refractivity contribution >= 4 is 11.3 Å². The number of hydrogen-bond donors (Lipinski definition) is 1. The molecule has 0 saturated carbocycles. The van der Waals surface area contributed by atoms with Crippen molar-refractivity contribution in [1.29, 1.82) is 0 Å². The molecule has 0 spiro atoms. The third kappa shape index (κ3) is 5.51. The lowest BCUT2D eigenvalue weighted by Crippen LogP contribution is -2.23. The lowest BCUT2D eigenvalue weighted by molar-refractivity contribution is 0.123. The van der Waals surface area contributed by atoms with Crippen LogP contribution >= 0.6 is 11.3 Å². The van der Waals surface area contributed by atoms with Crippen molar-refractivity contribution < 1.29 is 4.74 Å². The number of ether oxygens (including phenoxy) is 1. The summed E-state index contributed by atoms with van der Waals surface area (Å²) in [5, 5.41) is 3.52. The highest BCUT2D eigenvalue weighted by atomic mass is 32.1. The van der Waals surface area contributed by atoms with Crippen molar-refractivity contribution in [1.82, 2.24) is 5.32 Å². The second kappa shape index (κ2) is 7.93. The van der Waals surface area contributed by atoms with E-state index in [1.54, 1.807) is 0 Å². The Morgan fingerprint density at radius 2 is 1.94 bits per heavy atom. The van der Waals surface area contributed by atoms with Crippen LogP contribution in [-0.4, -0.2) is 19.8 Å². The zero-order chi connectivity index (χ0) is 13.5. The van der Waals surface area contributed by atoms with E-state index in [1.807, 2.05) is 11.3 Å². The summed E-state index contributed by atoms with van der Waals surface area (Å²) in [4.78, 5) is 2.82. The number of nitrogens with one attached hydrogen (secondary N) is 1. The van der Waals surface area contributed by atoms with Crippen LogP contribution in [0.5, 0.6) is 0 Å². The maximum atomic E-state index is 5.61. The number of aryl methyl sites for hydroxylation is 2. The molecule has 1 rings (SSSR count). The highest BCUT2D eigenvalue weighted by Crippen LogP contribution is 2.25. The molecule has 0 aliphatic rings. The van der Waals surface area contributed by atoms with Gasteiger partial charge in [0.25, 0.3) is 0 Å². The molecule has 1 heterocycles. The Bertz CT molecular complexity index is 346. The lowest BCUT2D eigenvalue weighted by atomic mass is 10.1. The quantitative estimate of drug-likeness (QED) is 0.718. The van der Waals surface area contributed by atoms with Crippen molar-refractivity contribution in [2.24, 2.45) is 5.92 Å². The van der Waals surface area contributed by atoms with Crippen LogP contribution in [0.4, 0.5) is 0 Å². The van der Waals surface area contributed by atoms with Crippen molar-refractivity contribution in [2.75, 3.05) is 19.8 Å². The minimum absolute atomic E-state index is 0.420. The summed E-state index contributed by atoms with van der Waals surface area (Å²) in [6.07, 6.45) is 1.15. The Labute approximate surface area is 116 Å². The van der Waals surface area contributed by atoms with E-state index in [9.17, 15) is 0 Å². The van der Waals surface area contributed by atoms with Crippen LogP contribution < -0.4 is 5.32 Å². The Morgan fingerprint density at radius 3 is 2.50 bits per heavy atom. The normalized spacial score (nSPS) is 13.2. The molecule has 104 valence electrons. The molecule has 0 bridgehead atoms. The van der Waals surface area contributed by atoms with Gasteiger partial charge in [-0.1, -0.05) is 13.8 Å². The van der Waals surface area contributed by atoms with E-state index in [0.717, 1.165) is 32.1 Å². The fourth-order valence-electron chi connectivity index (χ4n) is 1.96. The second-order valence-electron chi connectivity index (χ2n) is 5.34. The molecule has 1 unspecified atom stereocenters. The van der Waals surface area contributed by atoms with Gasteiger partial charge in [-0.05, 0) is 44.7 Å². The van der Waals surface area contributed by atoms with Gasteiger partial charge in [0.15, 0.2) is 0 Å². The highest BCUT2D eigenvalue weighted by molar-refractivity contribution is 7.12. The van der Waals surface area contributed by atoms with Crippen molar-refractivity contribution in [2.45, 2.75) is 47.1 Å². The summed E-state index contributed by atoms with van der Waals surface area (Å²) in [6.45, 7) is 13.7. The van der Waals surface area contributed by atoms with E-state index in [4.69, 9.17) is 4.74 Å². The summed E-state index contributed by atoms with van der Waals surface area (Å²) in [5.41, 5.74) is 1.43. The standard InChI is InChI=1S/C15H27NOS/c1-11(2)6-8-17-9-7-16-13(4)15-10-12(3)18-14(15)5/h10-11,13,16H,6-9H2,1-5H3. The predicted molar refractivity (Wildman–Crippen MR) is 80.5 cm³/mol. The molecule has 0 radical (unpaired) electrons. The average Bonchev–Trinajstić information content (AvgIpc) is 2.62. The first-order chi connectivity index (χ1) is 8.50. The molecule has 2 nitrogen and oxygen atoms in total. The first-order valence-electron chi connectivity index (χ1n) is 6.88. The summed E-state index contributed by atoms with van der Waals surface area (Å²) in [7, 11) is 0. The van der Waals surface area contributed by atoms with Gasteiger partial charge in [-0.25, -0.2) is 0 Å². The van der Waals surface area contributed by atoms with E-state index < -0.39 is 0 Å². The van der Waals surface area contributed by atoms with Crippen LogP contribution in [0.15, 0.2) is 6.07 Å². The van der Waals surface area contributed by atoms with E-state index in [1.165, 1.54) is 15.3 Å². The molecular formula is C15H27NOS. The largest absolute Gasteiger partial charge is 0.380 e. The predicted octanol–water partition coefficient (Wildman–Crippen LogP) is 4.08. The van der Waals surface area contributed by atoms with Crippen LogP contribution in [-0.2, 0) is 4.74 Å². The van der Waals surface area contributed by atoms with E-state index >= 15 is 0 Å². The van der Waals surface area contributed by atoms with Crippen LogP contribution in [0.25, 0.3) is 0 Å². The molecule has 0 amide bonds. The van der Waals surface area contributed by atoms with Crippen LogP contribution in [0.2, 0.25) is 0 Å². The average molecular weight is 269 g/mol. The van der Waals surface area contributed by atoms with E-state index in [0.29, 0.717) is 6.04 Å². The van der Waals surface area contributed by atoms with Gasteiger partial charge in [-0.2, -0.15) is 0 Å². The van der Waals surface area contributed by atoms with Crippen LogP contribution in [0, 0.1) is 19.8 Å². The fourth-order valence-corrected chi connectivity index (χ4v) is 2.98. The van der Waals surface area contributed by atoms with Crippen molar-refractivity contribution in [3.8, 4) is 0 Å². The smallest absolute Gasteiger partial charge is 0.0591 e. The summed E-state index contributed by atoms with van der Waals surface area (Å²) in [5.74, 6) is 0.730. The lowest BCUT2D eigenvalue weighted by Gasteiger charge is -2.14. The maximum absolute atomic E-state index is 5.61. The number of rotatable bonds is 8. The van der Waals surface area contributed by atoms with Crippen molar-refractivity contribution in [3.05, 3.63) is 21.4 Å². The Hall–Kier alpha value is -0.380. The minimum Gasteiger partial charge on any atom is -0.380 e. The molecule has 0 aliphatic carbocycles. The molecule has 0 aliphatic heterocycles. The molecule has 0 aromatic carbocycles. The second-order valence-corrected chi connectivity index (χ2v) is 6.80. The molecule has 1 aromatic rings. The SMILES string of the molecule is Cc1cc(C(C)NCCOCCC(C)C)c(C)s1. The van der Waals surface area contributed by atoms with Crippen LogP contribution in [0.1, 0.15) is 48.6 Å². The topological polar surface area (TPSA) is 21.3 Å². The van der Waals surface area contributed by atoms with Crippen molar-refractivity contribution in [3.63, 3.8) is 0 Å². The van der Waals surface area contributed by atoms with Gasteiger partial charge in [0.1, 0.15) is 0 Å². The first kappa shape index (κ1) is 15.7. The molecule has 0 saturated heterocycles. The van der Waals surface area contributed by atoms with Gasteiger partial charge in [-0.3, -0.25) is 0 Å². The highest BCUT2D eigenvalue weighted by Gasteiger charge is 2.10. The molecule has 0 fully saturated rings. The maximum Gasteiger partial charge on any atom is 0.0591 e. The summed E-state index contributed by atoms with van der Waals surface area (Å²) in [6, 6.07) is 2.71. The number of thiophene rings is 1. The van der Waals surface area contributed by atoms with Gasteiger partial charge in [-0.15, -0.1) is 11.3 Å². The summed E-state index contributed by atoms with van der Waals surface area (Å²) < 4.78 is 5.61. The molecule has 18 heavy (non-hydrogen) atoms. The first-order valence-corrected chi connectivity index (χ1v) is 7.70. The molecule has 1 N–H and O–H groups in total. The summed E-state index contributed by atoms with van der Waals surface area (Å²) >= 11 is 1.88. The van der Waals surface area contributed by atoms with Crippen LogP contribution in [0.3, 0.4) is 0 Å². The van der Waals surface area contributed by atoms with Gasteiger partial charge < -0.3 is 10.1 Å². The third-order valence-corrected chi connectivity index (χ3v) is 4.06.